The van der Waals surface area contributed by atoms with Gasteiger partial charge in [0, 0.05) is 35.3 Å². The highest BCUT2D eigenvalue weighted by atomic mass is 35.5. The summed E-state index contributed by atoms with van der Waals surface area (Å²) in [7, 11) is 0. The fourth-order valence-electron chi connectivity index (χ4n) is 4.34. The zero-order valence-corrected chi connectivity index (χ0v) is 21.2. The number of halogens is 1. The molecular weight excluding hydrogens is 474 g/mol. The van der Waals surface area contributed by atoms with Crippen molar-refractivity contribution < 1.29 is 18.9 Å². The van der Waals surface area contributed by atoms with Crippen LogP contribution in [0.15, 0.2) is 72.8 Å². The summed E-state index contributed by atoms with van der Waals surface area (Å²) in [5.41, 5.74) is 3.67. The molecule has 0 atom stereocenters. The second-order valence-electron chi connectivity index (χ2n) is 9.08. The molecule has 1 aromatic heterocycles. The molecule has 0 radical (unpaired) electrons. The fraction of sp³-hybridized carbons (Fsp3) is 0.300. The van der Waals surface area contributed by atoms with E-state index in [1.807, 2.05) is 79.7 Å². The summed E-state index contributed by atoms with van der Waals surface area (Å²) in [4.78, 5) is 4.86. The molecule has 0 saturated carbocycles. The monoisotopic (exact) mass is 503 g/mol. The van der Waals surface area contributed by atoms with Crippen LogP contribution in [0.1, 0.15) is 29.7 Å². The second kappa shape index (κ2) is 11.6. The second-order valence-corrected chi connectivity index (χ2v) is 9.52. The van der Waals surface area contributed by atoms with E-state index in [0.29, 0.717) is 30.8 Å². The van der Waals surface area contributed by atoms with Crippen LogP contribution in [0.25, 0.3) is 10.9 Å². The molecule has 0 bridgehead atoms. The number of hydrogen-bond acceptors (Lipinski definition) is 5. The Morgan fingerprint density at radius 2 is 1.64 bits per heavy atom. The zero-order valence-electron chi connectivity index (χ0n) is 20.4. The van der Waals surface area contributed by atoms with Gasteiger partial charge in [-0.25, -0.2) is 4.98 Å². The van der Waals surface area contributed by atoms with Crippen molar-refractivity contribution in [3.63, 3.8) is 0 Å². The molecule has 0 aliphatic carbocycles. The van der Waals surface area contributed by atoms with Crippen LogP contribution in [-0.4, -0.2) is 24.8 Å². The number of hydrogen-bond donors (Lipinski definition) is 0. The van der Waals surface area contributed by atoms with Crippen LogP contribution in [0, 0.1) is 12.8 Å². The van der Waals surface area contributed by atoms with Crippen LogP contribution < -0.4 is 14.2 Å². The van der Waals surface area contributed by atoms with Gasteiger partial charge < -0.3 is 18.9 Å². The van der Waals surface area contributed by atoms with E-state index in [-0.39, 0.29) is 0 Å². The summed E-state index contributed by atoms with van der Waals surface area (Å²) in [5, 5.41) is 1.54. The number of ether oxygens (including phenoxy) is 4. The molecule has 186 valence electrons. The standard InChI is InChI=1S/C30H30ClNO4/c1-21-29(20-35-26-9-5-8-25(17-26)34-18-23-12-14-33-15-13-23)32-28-11-10-24(31)16-27(28)30(21)36-19-22-6-3-2-4-7-22/h2-11,16-17,23H,12-15,18-20H2,1H3. The van der Waals surface area contributed by atoms with Crippen molar-refractivity contribution in [2.45, 2.75) is 33.0 Å². The van der Waals surface area contributed by atoms with Gasteiger partial charge >= 0.3 is 0 Å². The molecule has 2 heterocycles. The molecule has 1 aliphatic heterocycles. The summed E-state index contributed by atoms with van der Waals surface area (Å²) in [5.74, 6) is 2.86. The fourth-order valence-corrected chi connectivity index (χ4v) is 4.51. The smallest absolute Gasteiger partial charge is 0.134 e. The number of fused-ring (bicyclic) bond motifs is 1. The van der Waals surface area contributed by atoms with Gasteiger partial charge in [0.25, 0.3) is 0 Å². The average Bonchev–Trinajstić information content (AvgIpc) is 2.92. The van der Waals surface area contributed by atoms with Crippen LogP contribution in [0.3, 0.4) is 0 Å². The van der Waals surface area contributed by atoms with Crippen molar-refractivity contribution in [2.75, 3.05) is 19.8 Å². The minimum absolute atomic E-state index is 0.315. The molecule has 6 heteroatoms. The van der Waals surface area contributed by atoms with Crippen LogP contribution in [0.4, 0.5) is 0 Å². The van der Waals surface area contributed by atoms with Crippen LogP contribution in [0.2, 0.25) is 5.02 Å². The van der Waals surface area contributed by atoms with Crippen molar-refractivity contribution in [2.24, 2.45) is 5.92 Å². The zero-order chi connectivity index (χ0) is 24.7. The molecule has 0 N–H and O–H groups in total. The summed E-state index contributed by atoms with van der Waals surface area (Å²) >= 11 is 6.31. The van der Waals surface area contributed by atoms with E-state index in [9.17, 15) is 0 Å². The molecule has 5 nitrogen and oxygen atoms in total. The van der Waals surface area contributed by atoms with Crippen LogP contribution in [-0.2, 0) is 18.0 Å². The van der Waals surface area contributed by atoms with Crippen LogP contribution in [0.5, 0.6) is 17.2 Å². The predicted octanol–water partition coefficient (Wildman–Crippen LogP) is 7.16. The number of nitrogens with zero attached hydrogens (tertiary/aromatic N) is 1. The summed E-state index contributed by atoms with van der Waals surface area (Å²) in [6.45, 7) is 5.12. The Morgan fingerprint density at radius 3 is 2.44 bits per heavy atom. The number of benzene rings is 3. The average molecular weight is 504 g/mol. The summed E-state index contributed by atoms with van der Waals surface area (Å²) < 4.78 is 23.9. The predicted molar refractivity (Wildman–Crippen MR) is 142 cm³/mol. The van der Waals surface area contributed by atoms with Gasteiger partial charge in [-0.1, -0.05) is 48.0 Å². The Hall–Kier alpha value is -3.28. The van der Waals surface area contributed by atoms with Gasteiger partial charge in [0.2, 0.25) is 0 Å². The Labute approximate surface area is 216 Å². The normalized spacial score (nSPS) is 14.1. The molecule has 0 amide bonds. The molecule has 4 aromatic rings. The van der Waals surface area contributed by atoms with Crippen molar-refractivity contribution in [3.05, 3.63) is 94.6 Å². The van der Waals surface area contributed by atoms with Crippen molar-refractivity contribution >= 4 is 22.5 Å². The van der Waals surface area contributed by atoms with Gasteiger partial charge in [0.1, 0.15) is 30.5 Å². The maximum Gasteiger partial charge on any atom is 0.134 e. The largest absolute Gasteiger partial charge is 0.493 e. The first-order valence-electron chi connectivity index (χ1n) is 12.3. The van der Waals surface area contributed by atoms with Gasteiger partial charge in [0.15, 0.2) is 0 Å². The minimum Gasteiger partial charge on any atom is -0.493 e. The van der Waals surface area contributed by atoms with E-state index in [4.69, 9.17) is 35.5 Å². The quantitative estimate of drug-likeness (QED) is 0.242. The third kappa shape index (κ3) is 6.10. The molecular formula is C30H30ClNO4. The van der Waals surface area contributed by atoms with Gasteiger partial charge in [-0.05, 0) is 61.6 Å². The maximum atomic E-state index is 6.31. The van der Waals surface area contributed by atoms with E-state index in [1.165, 1.54) is 0 Å². The Kier molecular flexibility index (Phi) is 7.89. The van der Waals surface area contributed by atoms with E-state index in [0.717, 1.165) is 71.0 Å². The first-order valence-corrected chi connectivity index (χ1v) is 12.7. The topological polar surface area (TPSA) is 49.8 Å². The van der Waals surface area contributed by atoms with Crippen LogP contribution >= 0.6 is 11.6 Å². The first kappa shape index (κ1) is 24.4. The maximum absolute atomic E-state index is 6.31. The highest BCUT2D eigenvalue weighted by molar-refractivity contribution is 6.31. The molecule has 1 aliphatic rings. The van der Waals surface area contributed by atoms with Crippen molar-refractivity contribution in [1.29, 1.82) is 0 Å². The van der Waals surface area contributed by atoms with Gasteiger partial charge in [-0.15, -0.1) is 0 Å². The highest BCUT2D eigenvalue weighted by Crippen LogP contribution is 2.33. The molecule has 3 aromatic carbocycles. The lowest BCUT2D eigenvalue weighted by Crippen LogP contribution is -2.21. The Balaban J connectivity index is 1.32. The molecule has 5 rings (SSSR count). The lowest BCUT2D eigenvalue weighted by Gasteiger charge is -2.22. The summed E-state index contributed by atoms with van der Waals surface area (Å²) in [6.07, 6.45) is 2.09. The summed E-state index contributed by atoms with van der Waals surface area (Å²) in [6, 6.07) is 23.6. The number of pyridine rings is 1. The van der Waals surface area contributed by atoms with E-state index >= 15 is 0 Å². The van der Waals surface area contributed by atoms with E-state index < -0.39 is 0 Å². The molecule has 0 unspecified atom stereocenters. The van der Waals surface area contributed by atoms with Crippen molar-refractivity contribution in [3.8, 4) is 17.2 Å². The van der Waals surface area contributed by atoms with Gasteiger partial charge in [-0.3, -0.25) is 0 Å². The molecule has 36 heavy (non-hydrogen) atoms. The molecule has 1 saturated heterocycles. The molecule has 1 fully saturated rings. The minimum atomic E-state index is 0.315. The molecule has 0 spiro atoms. The van der Waals surface area contributed by atoms with Gasteiger partial charge in [-0.2, -0.15) is 0 Å². The third-order valence-corrected chi connectivity index (χ3v) is 6.70. The third-order valence-electron chi connectivity index (χ3n) is 6.47. The number of rotatable bonds is 9. The SMILES string of the molecule is Cc1c(COc2cccc(OCC3CCOCC3)c2)nc2ccc(Cl)cc2c1OCc1ccccc1. The lowest BCUT2D eigenvalue weighted by molar-refractivity contribution is 0.0497. The highest BCUT2D eigenvalue weighted by Gasteiger charge is 2.16. The first-order chi connectivity index (χ1) is 17.7. The van der Waals surface area contributed by atoms with E-state index in [1.54, 1.807) is 0 Å². The lowest BCUT2D eigenvalue weighted by atomic mass is 10.0. The number of aromatic nitrogens is 1. The van der Waals surface area contributed by atoms with Gasteiger partial charge in [0.05, 0.1) is 17.8 Å². The van der Waals surface area contributed by atoms with Crippen molar-refractivity contribution in [1.82, 2.24) is 4.98 Å². The Bertz CT molecular complexity index is 1310. The van der Waals surface area contributed by atoms with E-state index in [2.05, 4.69) is 0 Å². The Morgan fingerprint density at radius 1 is 0.861 bits per heavy atom.